The van der Waals surface area contributed by atoms with E-state index in [-0.39, 0.29) is 30.9 Å². The van der Waals surface area contributed by atoms with Gasteiger partial charge in [0.1, 0.15) is 36.3 Å². The SMILES string of the molecule is CC[C@H](C)[C@H](N)C(=O)N[C@@H](CS)C(=O)N[C@@H](CO)C(=O)N[C@H](C(=O)N[C@H](C(=O)N[C@@H](Cc1ccccc1)C(=O)N[C@@H](CCC(N)=O)C(=O)O)C(C)C)[C@@H](C)CC. The third kappa shape index (κ3) is 16.2. The third-order valence-electron chi connectivity index (χ3n) is 9.44. The Morgan fingerprint density at radius 1 is 0.661 bits per heavy atom. The van der Waals surface area contributed by atoms with E-state index in [0.29, 0.717) is 18.4 Å². The van der Waals surface area contributed by atoms with Crippen LogP contribution < -0.4 is 43.4 Å². The Hall–Kier alpha value is -4.75. The number of carbonyl (C=O) groups excluding carboxylic acids is 7. The highest BCUT2D eigenvalue weighted by molar-refractivity contribution is 7.80. The zero-order valence-electron chi connectivity index (χ0n) is 32.9. The highest BCUT2D eigenvalue weighted by Crippen LogP contribution is 2.13. The minimum absolute atomic E-state index is 0.0540. The van der Waals surface area contributed by atoms with E-state index >= 15 is 0 Å². The van der Waals surface area contributed by atoms with Crippen LogP contribution in [0.15, 0.2) is 30.3 Å². The Kier molecular flexibility index (Phi) is 21.7. The van der Waals surface area contributed by atoms with Gasteiger partial charge in [0, 0.05) is 18.6 Å². The first-order valence-corrected chi connectivity index (χ1v) is 19.3. The Morgan fingerprint density at radius 3 is 1.64 bits per heavy atom. The predicted octanol–water partition coefficient (Wildman–Crippen LogP) is -1.51. The van der Waals surface area contributed by atoms with Gasteiger partial charge >= 0.3 is 5.97 Å². The molecule has 7 amide bonds. The number of carboxylic acids is 1. The minimum Gasteiger partial charge on any atom is -0.480 e. The maximum Gasteiger partial charge on any atom is 0.326 e. The molecule has 18 nitrogen and oxygen atoms in total. The van der Waals surface area contributed by atoms with Crippen LogP contribution in [0.3, 0.4) is 0 Å². The molecule has 12 N–H and O–H groups in total. The van der Waals surface area contributed by atoms with Crippen molar-refractivity contribution in [1.29, 1.82) is 0 Å². The van der Waals surface area contributed by atoms with Crippen molar-refractivity contribution in [2.45, 2.75) is 116 Å². The zero-order valence-corrected chi connectivity index (χ0v) is 33.8. The molecule has 1 rings (SSSR count). The molecule has 1 aromatic rings. The monoisotopic (exact) mass is 808 g/mol. The molecule has 0 aliphatic heterocycles. The van der Waals surface area contributed by atoms with Crippen LogP contribution in [0.2, 0.25) is 0 Å². The molecule has 314 valence electrons. The number of hydrogen-bond donors (Lipinski definition) is 11. The lowest BCUT2D eigenvalue weighted by molar-refractivity contribution is -0.142. The van der Waals surface area contributed by atoms with Crippen molar-refractivity contribution in [2.75, 3.05) is 12.4 Å². The second-order valence-corrected chi connectivity index (χ2v) is 14.5. The van der Waals surface area contributed by atoms with Crippen LogP contribution in [-0.2, 0) is 44.8 Å². The number of amides is 7. The number of thiol groups is 1. The van der Waals surface area contributed by atoms with Gasteiger partial charge in [-0.05, 0) is 29.7 Å². The molecule has 0 saturated carbocycles. The smallest absolute Gasteiger partial charge is 0.326 e. The molecule has 0 unspecified atom stereocenters. The van der Waals surface area contributed by atoms with Gasteiger partial charge in [-0.2, -0.15) is 12.6 Å². The van der Waals surface area contributed by atoms with E-state index in [1.807, 2.05) is 6.92 Å². The van der Waals surface area contributed by atoms with Crippen molar-refractivity contribution in [1.82, 2.24) is 31.9 Å². The van der Waals surface area contributed by atoms with Gasteiger partial charge in [-0.25, -0.2) is 4.79 Å². The lowest BCUT2D eigenvalue weighted by atomic mass is 9.95. The molecular formula is C37H60N8O10S. The lowest BCUT2D eigenvalue weighted by Crippen LogP contribution is -2.62. The molecule has 0 spiro atoms. The molecule has 1 aromatic carbocycles. The van der Waals surface area contributed by atoms with Gasteiger partial charge in [-0.3, -0.25) is 33.6 Å². The first-order valence-electron chi connectivity index (χ1n) is 18.7. The highest BCUT2D eigenvalue weighted by atomic mass is 32.1. The largest absolute Gasteiger partial charge is 0.480 e. The summed E-state index contributed by atoms with van der Waals surface area (Å²) >= 11 is 4.13. The Balaban J connectivity index is 3.23. The first-order chi connectivity index (χ1) is 26.3. The van der Waals surface area contributed by atoms with Gasteiger partial charge in [-0.15, -0.1) is 0 Å². The summed E-state index contributed by atoms with van der Waals surface area (Å²) in [5, 5.41) is 34.7. The summed E-state index contributed by atoms with van der Waals surface area (Å²) in [6, 6.07) is -0.338. The van der Waals surface area contributed by atoms with Crippen molar-refractivity contribution >= 4 is 59.9 Å². The van der Waals surface area contributed by atoms with Crippen LogP contribution in [-0.4, -0.2) is 112 Å². The molecule has 0 heterocycles. The Morgan fingerprint density at radius 2 is 1.14 bits per heavy atom. The molecule has 0 aromatic heterocycles. The molecule has 0 fully saturated rings. The van der Waals surface area contributed by atoms with Gasteiger partial charge in [-0.1, -0.05) is 84.7 Å². The zero-order chi connectivity index (χ0) is 42.7. The van der Waals surface area contributed by atoms with Gasteiger partial charge in [0.15, 0.2) is 0 Å². The molecule has 0 radical (unpaired) electrons. The number of benzene rings is 1. The molecule has 19 heteroatoms. The van der Waals surface area contributed by atoms with E-state index in [4.69, 9.17) is 11.5 Å². The number of aliphatic hydroxyl groups is 1. The lowest BCUT2D eigenvalue weighted by Gasteiger charge is -2.30. The summed E-state index contributed by atoms with van der Waals surface area (Å²) in [4.78, 5) is 103. The standard InChI is InChI=1S/C37H60N8O10S/c1-7-20(5)28(39)34(51)43-26(18-56)33(50)42-25(17-46)32(49)45-30(21(6)8-2)36(53)44-29(19(3)4)35(52)41-24(16-22-12-10-9-11-13-22)31(48)40-23(37(54)55)14-15-27(38)47/h9-13,19-21,23-26,28-30,46,56H,7-8,14-18,39H2,1-6H3,(H2,38,47)(H,40,48)(H,41,52)(H,42,50)(H,43,51)(H,44,53)(H,45,49)(H,54,55)/t20-,21-,23-,24-,25-,26-,28-,29-,30-/m0/s1. The van der Waals surface area contributed by atoms with Gasteiger partial charge in [0.2, 0.25) is 41.4 Å². The van der Waals surface area contributed by atoms with Crippen molar-refractivity contribution < 1.29 is 48.6 Å². The average molecular weight is 809 g/mol. The Bertz CT molecular complexity index is 1500. The molecule has 9 atom stereocenters. The number of aliphatic hydroxyl groups excluding tert-OH is 1. The third-order valence-corrected chi connectivity index (χ3v) is 9.81. The second-order valence-electron chi connectivity index (χ2n) is 14.2. The molecule has 0 aliphatic carbocycles. The van der Waals surface area contributed by atoms with E-state index in [2.05, 4.69) is 44.5 Å². The summed E-state index contributed by atoms with van der Waals surface area (Å²) < 4.78 is 0. The molecule has 0 aliphatic rings. The quantitative estimate of drug-likeness (QED) is 0.0505. The summed E-state index contributed by atoms with van der Waals surface area (Å²) in [6.07, 6.45) is 0.360. The summed E-state index contributed by atoms with van der Waals surface area (Å²) in [5.41, 5.74) is 11.8. The molecule has 0 bridgehead atoms. The number of carboxylic acid groups (broad SMARTS) is 1. The number of carbonyl (C=O) groups is 8. The second kappa shape index (κ2) is 24.7. The average Bonchev–Trinajstić information content (AvgIpc) is 3.16. The number of nitrogens with one attached hydrogen (secondary N) is 6. The first kappa shape index (κ1) is 49.3. The van der Waals surface area contributed by atoms with E-state index in [9.17, 15) is 48.6 Å². The Labute approximate surface area is 333 Å². The number of hydrogen-bond acceptors (Lipinski definition) is 11. The predicted molar refractivity (Wildman–Crippen MR) is 210 cm³/mol. The normalized spacial score (nSPS) is 16.0. The van der Waals surface area contributed by atoms with Crippen molar-refractivity contribution in [2.24, 2.45) is 29.2 Å². The number of aliphatic carboxylic acids is 1. The fourth-order valence-corrected chi connectivity index (χ4v) is 5.57. The fraction of sp³-hybridized carbons (Fsp3) is 0.622. The number of primary amides is 1. The number of nitrogens with two attached hydrogens (primary N) is 2. The maximum atomic E-state index is 13.8. The van der Waals surface area contributed by atoms with Crippen LogP contribution in [0.1, 0.15) is 72.8 Å². The van der Waals surface area contributed by atoms with E-state index in [1.165, 1.54) is 0 Å². The van der Waals surface area contributed by atoms with Crippen LogP contribution in [0.4, 0.5) is 0 Å². The van der Waals surface area contributed by atoms with Crippen LogP contribution in [0.5, 0.6) is 0 Å². The topological polar surface area (TPSA) is 301 Å². The summed E-state index contributed by atoms with van der Waals surface area (Å²) in [6.45, 7) is 9.50. The van der Waals surface area contributed by atoms with Gasteiger partial charge in [0.05, 0.1) is 12.6 Å². The van der Waals surface area contributed by atoms with E-state index in [0.717, 1.165) is 0 Å². The summed E-state index contributed by atoms with van der Waals surface area (Å²) in [5.74, 6) is -8.30. The molecular weight excluding hydrogens is 749 g/mol. The van der Waals surface area contributed by atoms with Crippen molar-refractivity contribution in [3.63, 3.8) is 0 Å². The molecule has 0 saturated heterocycles. The molecule has 56 heavy (non-hydrogen) atoms. The van der Waals surface area contributed by atoms with Crippen LogP contribution >= 0.6 is 12.6 Å². The van der Waals surface area contributed by atoms with E-state index in [1.54, 1.807) is 65.0 Å². The highest BCUT2D eigenvalue weighted by Gasteiger charge is 2.36. The summed E-state index contributed by atoms with van der Waals surface area (Å²) in [7, 11) is 0. The van der Waals surface area contributed by atoms with Gasteiger partial charge < -0.3 is 53.6 Å². The maximum absolute atomic E-state index is 13.8. The van der Waals surface area contributed by atoms with Crippen LogP contribution in [0, 0.1) is 17.8 Å². The van der Waals surface area contributed by atoms with Crippen LogP contribution in [0.25, 0.3) is 0 Å². The fourth-order valence-electron chi connectivity index (χ4n) is 5.31. The van der Waals surface area contributed by atoms with Crippen molar-refractivity contribution in [3.8, 4) is 0 Å². The van der Waals surface area contributed by atoms with Gasteiger partial charge in [0.25, 0.3) is 0 Å². The van der Waals surface area contributed by atoms with E-state index < -0.39 is 108 Å². The number of rotatable bonds is 25. The minimum atomic E-state index is -1.54. The van der Waals surface area contributed by atoms with Crippen molar-refractivity contribution in [3.05, 3.63) is 35.9 Å².